The van der Waals surface area contributed by atoms with Gasteiger partial charge in [-0.25, -0.2) is 8.42 Å². The summed E-state index contributed by atoms with van der Waals surface area (Å²) in [5.41, 5.74) is 6.30. The highest BCUT2D eigenvalue weighted by molar-refractivity contribution is 7.89. The zero-order chi connectivity index (χ0) is 14.9. The first kappa shape index (κ1) is 14.8. The van der Waals surface area contributed by atoms with Crippen molar-refractivity contribution in [2.24, 2.45) is 5.92 Å². The Morgan fingerprint density at radius 1 is 1.45 bits per heavy atom. The van der Waals surface area contributed by atoms with E-state index in [1.807, 2.05) is 19.9 Å². The number of hydrogen-bond donors (Lipinski definition) is 1. The van der Waals surface area contributed by atoms with E-state index in [9.17, 15) is 8.42 Å². The minimum atomic E-state index is -3.61. The topological polar surface area (TPSA) is 87.2 Å². The third-order valence-electron chi connectivity index (χ3n) is 3.44. The summed E-state index contributed by atoms with van der Waals surface area (Å²) in [4.78, 5) is 0.0888. The number of nitriles is 1. The maximum Gasteiger partial charge on any atom is 0.245 e. The maximum atomic E-state index is 12.7. The van der Waals surface area contributed by atoms with Gasteiger partial charge in [-0.1, -0.05) is 0 Å². The first-order valence-corrected chi connectivity index (χ1v) is 8.11. The number of nitrogens with zero attached hydrogens (tertiary/aromatic N) is 2. The van der Waals surface area contributed by atoms with Crippen molar-refractivity contribution in [3.8, 4) is 6.07 Å². The molecule has 0 radical (unpaired) electrons. The second kappa shape index (κ2) is 5.43. The van der Waals surface area contributed by atoms with Gasteiger partial charge in [-0.2, -0.15) is 9.57 Å². The molecule has 1 aliphatic rings. The molecule has 2 rings (SSSR count). The van der Waals surface area contributed by atoms with Crippen LogP contribution in [0.4, 0.5) is 5.69 Å². The van der Waals surface area contributed by atoms with Crippen molar-refractivity contribution in [3.05, 3.63) is 23.8 Å². The average molecular weight is 293 g/mol. The van der Waals surface area contributed by atoms with Gasteiger partial charge in [0.15, 0.2) is 0 Å². The molecule has 0 unspecified atom stereocenters. The molecule has 0 saturated heterocycles. The number of sulfonamides is 1. The Morgan fingerprint density at radius 3 is 2.55 bits per heavy atom. The fourth-order valence-corrected chi connectivity index (χ4v) is 3.93. The summed E-state index contributed by atoms with van der Waals surface area (Å²) in [5, 5.41) is 8.81. The molecule has 1 saturated carbocycles. The predicted molar refractivity (Wildman–Crippen MR) is 77.3 cm³/mol. The summed E-state index contributed by atoms with van der Waals surface area (Å²) in [7, 11) is -3.61. The normalized spacial score (nSPS) is 15.6. The number of hydrogen-bond acceptors (Lipinski definition) is 4. The summed E-state index contributed by atoms with van der Waals surface area (Å²) in [6.45, 7) is 4.26. The molecule has 0 spiro atoms. The number of nitrogens with two attached hydrogens (primary N) is 1. The Kier molecular flexibility index (Phi) is 4.02. The molecule has 20 heavy (non-hydrogen) atoms. The van der Waals surface area contributed by atoms with Crippen molar-refractivity contribution >= 4 is 15.7 Å². The second-order valence-electron chi connectivity index (χ2n) is 5.48. The van der Waals surface area contributed by atoms with Gasteiger partial charge in [0.2, 0.25) is 10.0 Å². The first-order chi connectivity index (χ1) is 9.36. The molecule has 1 aromatic carbocycles. The maximum absolute atomic E-state index is 12.7. The van der Waals surface area contributed by atoms with E-state index in [4.69, 9.17) is 11.0 Å². The van der Waals surface area contributed by atoms with Crippen molar-refractivity contribution in [3.63, 3.8) is 0 Å². The van der Waals surface area contributed by atoms with Crippen LogP contribution in [0.2, 0.25) is 0 Å². The van der Waals surface area contributed by atoms with Gasteiger partial charge in [0.05, 0.1) is 17.3 Å². The van der Waals surface area contributed by atoms with Crippen LogP contribution in [0.5, 0.6) is 0 Å². The highest BCUT2D eigenvalue weighted by atomic mass is 32.2. The molecule has 2 N–H and O–H groups in total. The van der Waals surface area contributed by atoms with E-state index in [2.05, 4.69) is 0 Å². The van der Waals surface area contributed by atoms with Gasteiger partial charge in [-0.3, -0.25) is 0 Å². The van der Waals surface area contributed by atoms with Gasteiger partial charge in [0, 0.05) is 12.6 Å². The van der Waals surface area contributed by atoms with Crippen molar-refractivity contribution in [1.82, 2.24) is 4.31 Å². The second-order valence-corrected chi connectivity index (χ2v) is 7.34. The Labute approximate surface area is 120 Å². The van der Waals surface area contributed by atoms with Gasteiger partial charge >= 0.3 is 0 Å². The van der Waals surface area contributed by atoms with Crippen LogP contribution in [0.25, 0.3) is 0 Å². The lowest BCUT2D eigenvalue weighted by molar-refractivity contribution is 0.342. The highest BCUT2D eigenvalue weighted by Gasteiger charge is 2.34. The molecule has 1 aliphatic carbocycles. The standard InChI is InChI=1S/C14H19N3O2S/c1-10(2)17(9-11-3-4-11)20(18,19)14-6-5-12(8-15)7-13(14)16/h5-7,10-11H,3-4,9,16H2,1-2H3. The Balaban J connectivity index is 2.39. The van der Waals surface area contributed by atoms with Crippen LogP contribution in [-0.2, 0) is 10.0 Å². The van der Waals surface area contributed by atoms with E-state index in [1.165, 1.54) is 22.5 Å². The molecule has 0 atom stereocenters. The highest BCUT2D eigenvalue weighted by Crippen LogP contribution is 2.33. The molecule has 0 aromatic heterocycles. The van der Waals surface area contributed by atoms with E-state index in [0.29, 0.717) is 18.0 Å². The third-order valence-corrected chi connectivity index (χ3v) is 5.55. The van der Waals surface area contributed by atoms with E-state index < -0.39 is 10.0 Å². The lowest BCUT2D eigenvalue weighted by atomic mass is 10.2. The fourth-order valence-electron chi connectivity index (χ4n) is 2.12. The number of benzene rings is 1. The van der Waals surface area contributed by atoms with E-state index >= 15 is 0 Å². The smallest absolute Gasteiger partial charge is 0.245 e. The van der Waals surface area contributed by atoms with Crippen molar-refractivity contribution in [1.29, 1.82) is 5.26 Å². The predicted octanol–water partition coefficient (Wildman–Crippen LogP) is 1.95. The quantitative estimate of drug-likeness (QED) is 0.840. The van der Waals surface area contributed by atoms with E-state index in [-0.39, 0.29) is 16.6 Å². The van der Waals surface area contributed by atoms with Crippen LogP contribution in [-0.4, -0.2) is 25.3 Å². The van der Waals surface area contributed by atoms with Gasteiger partial charge in [0.25, 0.3) is 0 Å². The van der Waals surface area contributed by atoms with Crippen molar-refractivity contribution in [2.75, 3.05) is 12.3 Å². The monoisotopic (exact) mass is 293 g/mol. The van der Waals surface area contributed by atoms with Crippen LogP contribution in [0, 0.1) is 17.2 Å². The Morgan fingerprint density at radius 2 is 2.10 bits per heavy atom. The molecular weight excluding hydrogens is 274 g/mol. The number of rotatable bonds is 5. The Hall–Kier alpha value is -1.58. The zero-order valence-electron chi connectivity index (χ0n) is 11.7. The van der Waals surface area contributed by atoms with Crippen LogP contribution in [0.1, 0.15) is 32.3 Å². The van der Waals surface area contributed by atoms with Crippen LogP contribution < -0.4 is 5.73 Å². The first-order valence-electron chi connectivity index (χ1n) is 6.67. The SMILES string of the molecule is CC(C)N(CC1CC1)S(=O)(=O)c1ccc(C#N)cc1N. The summed E-state index contributed by atoms with van der Waals surface area (Å²) >= 11 is 0. The van der Waals surface area contributed by atoms with Gasteiger partial charge in [-0.15, -0.1) is 0 Å². The van der Waals surface area contributed by atoms with E-state index in [1.54, 1.807) is 0 Å². The number of anilines is 1. The molecule has 1 aromatic rings. The Bertz CT molecular complexity index is 643. The summed E-state index contributed by atoms with van der Waals surface area (Å²) in [5.74, 6) is 0.465. The fraction of sp³-hybridized carbons (Fsp3) is 0.500. The molecule has 6 heteroatoms. The van der Waals surface area contributed by atoms with E-state index in [0.717, 1.165) is 12.8 Å². The summed E-state index contributed by atoms with van der Waals surface area (Å²) in [6.07, 6.45) is 2.17. The summed E-state index contributed by atoms with van der Waals surface area (Å²) < 4.78 is 26.9. The lowest BCUT2D eigenvalue weighted by Gasteiger charge is -2.26. The van der Waals surface area contributed by atoms with Gasteiger partial charge < -0.3 is 5.73 Å². The minimum Gasteiger partial charge on any atom is -0.398 e. The molecule has 0 heterocycles. The summed E-state index contributed by atoms with van der Waals surface area (Å²) in [6, 6.07) is 6.15. The molecule has 108 valence electrons. The molecule has 1 fully saturated rings. The average Bonchev–Trinajstić information content (AvgIpc) is 3.18. The largest absolute Gasteiger partial charge is 0.398 e. The van der Waals surface area contributed by atoms with Crippen molar-refractivity contribution < 1.29 is 8.42 Å². The molecule has 0 bridgehead atoms. The van der Waals surface area contributed by atoms with Crippen LogP contribution in [0.15, 0.2) is 23.1 Å². The van der Waals surface area contributed by atoms with Gasteiger partial charge in [-0.05, 0) is 50.8 Å². The lowest BCUT2D eigenvalue weighted by Crippen LogP contribution is -2.38. The van der Waals surface area contributed by atoms with Gasteiger partial charge in [0.1, 0.15) is 4.90 Å². The molecular formula is C14H19N3O2S. The molecule has 5 nitrogen and oxygen atoms in total. The third kappa shape index (κ3) is 2.94. The molecule has 0 aliphatic heterocycles. The minimum absolute atomic E-state index is 0.0888. The van der Waals surface area contributed by atoms with Crippen LogP contribution >= 0.6 is 0 Å². The van der Waals surface area contributed by atoms with Crippen LogP contribution in [0.3, 0.4) is 0 Å². The zero-order valence-corrected chi connectivity index (χ0v) is 12.5. The molecule has 0 amide bonds. The van der Waals surface area contributed by atoms with Crippen molar-refractivity contribution in [2.45, 2.75) is 37.6 Å². The number of nitrogen functional groups attached to an aromatic ring is 1.